The topological polar surface area (TPSA) is 48.5 Å². The Morgan fingerprint density at radius 2 is 1.83 bits per heavy atom. The summed E-state index contributed by atoms with van der Waals surface area (Å²) in [5.41, 5.74) is 1.12. The molecule has 0 bridgehead atoms. The Bertz CT molecular complexity index is 505. The summed E-state index contributed by atoms with van der Waals surface area (Å²) in [6, 6.07) is 6.46. The van der Waals surface area contributed by atoms with Gasteiger partial charge in [-0.3, -0.25) is 19.6 Å². The predicted octanol–water partition coefficient (Wildman–Crippen LogP) is 1.89. The third-order valence-electron chi connectivity index (χ3n) is 5.32. The first kappa shape index (κ1) is 17.4. The summed E-state index contributed by atoms with van der Waals surface area (Å²) < 4.78 is 0. The Balaban J connectivity index is 1.35. The zero-order valence-corrected chi connectivity index (χ0v) is 14.8. The van der Waals surface area contributed by atoms with Gasteiger partial charge >= 0.3 is 0 Å². The quantitative estimate of drug-likeness (QED) is 0.896. The van der Waals surface area contributed by atoms with Crippen molar-refractivity contribution in [1.29, 1.82) is 0 Å². The number of aromatic nitrogens is 1. The lowest BCUT2D eigenvalue weighted by atomic mass is 9.87. The highest BCUT2D eigenvalue weighted by Crippen LogP contribution is 2.23. The van der Waals surface area contributed by atoms with Crippen LogP contribution in [-0.2, 0) is 11.3 Å². The molecule has 1 aromatic rings. The zero-order valence-electron chi connectivity index (χ0n) is 14.8. The molecule has 2 aliphatic rings. The van der Waals surface area contributed by atoms with Crippen LogP contribution in [0.4, 0.5) is 0 Å². The summed E-state index contributed by atoms with van der Waals surface area (Å²) in [7, 11) is 0. The normalized spacial score (nSPS) is 26.2. The number of carbonyl (C=O) groups is 1. The molecule has 0 atom stereocenters. The van der Waals surface area contributed by atoms with E-state index in [1.807, 2.05) is 18.3 Å². The van der Waals surface area contributed by atoms with E-state index >= 15 is 0 Å². The third kappa shape index (κ3) is 5.28. The van der Waals surface area contributed by atoms with Crippen molar-refractivity contribution >= 4 is 5.91 Å². The van der Waals surface area contributed by atoms with Crippen molar-refractivity contribution in [3.05, 3.63) is 30.1 Å². The van der Waals surface area contributed by atoms with E-state index in [1.165, 1.54) is 12.8 Å². The van der Waals surface area contributed by atoms with Gasteiger partial charge in [0, 0.05) is 45.0 Å². The molecule has 132 valence electrons. The van der Waals surface area contributed by atoms with E-state index in [0.717, 1.165) is 57.2 Å². The van der Waals surface area contributed by atoms with Crippen LogP contribution < -0.4 is 5.32 Å². The standard InChI is InChI=1S/C19H30N4O/c1-16-5-7-17(8-6-16)21-19(24)15-23-12-10-22(11-13-23)14-18-4-2-3-9-20-18/h2-4,9,16-17H,5-8,10-15H2,1H3,(H,21,24). The van der Waals surface area contributed by atoms with Gasteiger partial charge in [-0.1, -0.05) is 13.0 Å². The van der Waals surface area contributed by atoms with Crippen molar-refractivity contribution in [3.8, 4) is 0 Å². The minimum absolute atomic E-state index is 0.202. The number of hydrogen-bond donors (Lipinski definition) is 1. The van der Waals surface area contributed by atoms with Crippen LogP contribution >= 0.6 is 0 Å². The van der Waals surface area contributed by atoms with Crippen molar-refractivity contribution in [2.24, 2.45) is 5.92 Å². The minimum Gasteiger partial charge on any atom is -0.352 e. The van der Waals surface area contributed by atoms with Gasteiger partial charge in [0.2, 0.25) is 5.91 Å². The fraction of sp³-hybridized carbons (Fsp3) is 0.684. The van der Waals surface area contributed by atoms with E-state index < -0.39 is 0 Å². The summed E-state index contributed by atoms with van der Waals surface area (Å²) >= 11 is 0. The first-order valence-electron chi connectivity index (χ1n) is 9.33. The lowest BCUT2D eigenvalue weighted by molar-refractivity contribution is -0.123. The highest BCUT2D eigenvalue weighted by atomic mass is 16.2. The van der Waals surface area contributed by atoms with Crippen LogP contribution in [0.3, 0.4) is 0 Å². The van der Waals surface area contributed by atoms with Crippen LogP contribution in [0, 0.1) is 5.92 Å². The van der Waals surface area contributed by atoms with Crippen molar-refractivity contribution in [2.75, 3.05) is 32.7 Å². The minimum atomic E-state index is 0.202. The van der Waals surface area contributed by atoms with E-state index in [-0.39, 0.29) is 5.91 Å². The Hall–Kier alpha value is -1.46. The van der Waals surface area contributed by atoms with Gasteiger partial charge in [0.15, 0.2) is 0 Å². The van der Waals surface area contributed by atoms with Crippen LogP contribution in [0.5, 0.6) is 0 Å². The molecule has 0 unspecified atom stereocenters. The van der Waals surface area contributed by atoms with Gasteiger partial charge in [-0.15, -0.1) is 0 Å². The molecule has 1 saturated heterocycles. The van der Waals surface area contributed by atoms with Crippen molar-refractivity contribution in [2.45, 2.75) is 45.2 Å². The number of nitrogens with zero attached hydrogens (tertiary/aromatic N) is 3. The van der Waals surface area contributed by atoms with Crippen LogP contribution in [-0.4, -0.2) is 59.5 Å². The molecule has 0 radical (unpaired) electrons. The lowest BCUT2D eigenvalue weighted by Gasteiger charge is -2.34. The molecule has 0 aromatic carbocycles. The maximum absolute atomic E-state index is 12.3. The average Bonchev–Trinajstić information content (AvgIpc) is 2.60. The highest BCUT2D eigenvalue weighted by Gasteiger charge is 2.22. The van der Waals surface area contributed by atoms with Gasteiger partial charge in [-0.25, -0.2) is 0 Å². The molecule has 1 aromatic heterocycles. The summed E-state index contributed by atoms with van der Waals surface area (Å²) in [6.45, 7) is 7.69. The third-order valence-corrected chi connectivity index (χ3v) is 5.32. The number of rotatable bonds is 5. The zero-order chi connectivity index (χ0) is 16.8. The predicted molar refractivity (Wildman–Crippen MR) is 95.5 cm³/mol. The molecule has 5 heteroatoms. The van der Waals surface area contributed by atoms with Gasteiger partial charge in [0.05, 0.1) is 12.2 Å². The van der Waals surface area contributed by atoms with E-state index in [4.69, 9.17) is 0 Å². The summed E-state index contributed by atoms with van der Waals surface area (Å²) in [6.07, 6.45) is 6.63. The number of nitrogens with one attached hydrogen (secondary N) is 1. The van der Waals surface area contributed by atoms with Crippen molar-refractivity contribution in [1.82, 2.24) is 20.1 Å². The number of hydrogen-bond acceptors (Lipinski definition) is 4. The number of pyridine rings is 1. The number of carbonyl (C=O) groups excluding carboxylic acids is 1. The molecule has 2 fully saturated rings. The van der Waals surface area contributed by atoms with Gasteiger partial charge < -0.3 is 5.32 Å². The van der Waals surface area contributed by atoms with Crippen molar-refractivity contribution in [3.63, 3.8) is 0 Å². The fourth-order valence-corrected chi connectivity index (χ4v) is 3.71. The second-order valence-corrected chi connectivity index (χ2v) is 7.40. The second-order valence-electron chi connectivity index (χ2n) is 7.40. The van der Waals surface area contributed by atoms with Crippen LogP contribution in [0.2, 0.25) is 0 Å². The Labute approximate surface area is 145 Å². The number of amides is 1. The Morgan fingerprint density at radius 1 is 1.12 bits per heavy atom. The summed E-state index contributed by atoms with van der Waals surface area (Å²) in [5, 5.41) is 3.23. The van der Waals surface area contributed by atoms with Crippen molar-refractivity contribution < 1.29 is 4.79 Å². The monoisotopic (exact) mass is 330 g/mol. The molecule has 5 nitrogen and oxygen atoms in total. The molecular weight excluding hydrogens is 300 g/mol. The molecule has 1 N–H and O–H groups in total. The van der Waals surface area contributed by atoms with Gasteiger partial charge in [0.1, 0.15) is 0 Å². The van der Waals surface area contributed by atoms with Gasteiger partial charge in [-0.05, 0) is 43.7 Å². The molecule has 2 heterocycles. The molecule has 1 aliphatic heterocycles. The molecular formula is C19H30N4O. The first-order chi connectivity index (χ1) is 11.7. The molecule has 1 amide bonds. The van der Waals surface area contributed by atoms with Crippen LogP contribution in [0.15, 0.2) is 24.4 Å². The lowest BCUT2D eigenvalue weighted by Crippen LogP contribution is -2.50. The van der Waals surface area contributed by atoms with E-state index in [2.05, 4.69) is 33.1 Å². The van der Waals surface area contributed by atoms with Crippen LogP contribution in [0.1, 0.15) is 38.3 Å². The summed E-state index contributed by atoms with van der Waals surface area (Å²) in [5.74, 6) is 1.03. The number of piperazine rings is 1. The first-order valence-corrected chi connectivity index (χ1v) is 9.33. The highest BCUT2D eigenvalue weighted by molar-refractivity contribution is 5.78. The molecule has 1 aliphatic carbocycles. The van der Waals surface area contributed by atoms with E-state index in [0.29, 0.717) is 12.6 Å². The average molecular weight is 330 g/mol. The largest absolute Gasteiger partial charge is 0.352 e. The Morgan fingerprint density at radius 3 is 2.50 bits per heavy atom. The van der Waals surface area contributed by atoms with Gasteiger partial charge in [0.25, 0.3) is 0 Å². The molecule has 3 rings (SSSR count). The maximum atomic E-state index is 12.3. The second kappa shape index (κ2) is 8.58. The van der Waals surface area contributed by atoms with E-state index in [1.54, 1.807) is 0 Å². The maximum Gasteiger partial charge on any atom is 0.234 e. The molecule has 1 saturated carbocycles. The SMILES string of the molecule is CC1CCC(NC(=O)CN2CCN(Cc3ccccn3)CC2)CC1. The van der Waals surface area contributed by atoms with Gasteiger partial charge in [-0.2, -0.15) is 0 Å². The van der Waals surface area contributed by atoms with E-state index in [9.17, 15) is 4.79 Å². The van der Waals surface area contributed by atoms with Crippen LogP contribution in [0.25, 0.3) is 0 Å². The molecule has 0 spiro atoms. The Kier molecular flexibility index (Phi) is 6.21. The fourth-order valence-electron chi connectivity index (χ4n) is 3.71. The smallest absolute Gasteiger partial charge is 0.234 e. The summed E-state index contributed by atoms with van der Waals surface area (Å²) in [4.78, 5) is 21.3. The molecule has 24 heavy (non-hydrogen) atoms.